The molecule has 0 aromatic rings. The Morgan fingerprint density at radius 2 is 1.20 bits per heavy atom. The fraction of sp³-hybridized carbons (Fsp3) is 1.00. The van der Waals surface area contributed by atoms with Crippen molar-refractivity contribution in [3.05, 3.63) is 0 Å². The number of halogens is 1. The molecule has 2 heteroatoms. The minimum atomic E-state index is -1.60. The second-order valence-electron chi connectivity index (χ2n) is 4.41. The van der Waals surface area contributed by atoms with Crippen molar-refractivity contribution in [2.24, 2.45) is 0 Å². The zero-order valence-electron chi connectivity index (χ0n) is 10.2. The van der Waals surface area contributed by atoms with Crippen LogP contribution in [0.1, 0.15) is 77.6 Å². The van der Waals surface area contributed by atoms with Crippen LogP contribution < -0.4 is 0 Å². The van der Waals surface area contributed by atoms with Crippen molar-refractivity contribution in [2.45, 2.75) is 83.9 Å². The topological polar surface area (TPSA) is 20.2 Å². The molecule has 0 saturated heterocycles. The van der Waals surface area contributed by atoms with E-state index in [0.29, 0.717) is 6.42 Å². The van der Waals surface area contributed by atoms with Gasteiger partial charge in [-0.2, -0.15) is 0 Å². The lowest BCUT2D eigenvalue weighted by Gasteiger charge is -2.02. The third kappa shape index (κ3) is 13.9. The highest BCUT2D eigenvalue weighted by Gasteiger charge is 1.98. The summed E-state index contributed by atoms with van der Waals surface area (Å²) in [5, 5.41) is 8.41. The van der Waals surface area contributed by atoms with Crippen molar-refractivity contribution < 1.29 is 9.50 Å². The minimum Gasteiger partial charge on any atom is -0.364 e. The molecular weight excluding hydrogens is 191 g/mol. The predicted octanol–water partition coefficient (Wildman–Crippen LogP) is 4.59. The standard InChI is InChI=1S/C13H27FO/c1-2-3-4-5-6-7-8-9-10-11-12-13(14)15/h13,15H,2-12H2,1H3. The molecule has 15 heavy (non-hydrogen) atoms. The summed E-state index contributed by atoms with van der Waals surface area (Å²) >= 11 is 0. The van der Waals surface area contributed by atoms with E-state index in [9.17, 15) is 4.39 Å². The van der Waals surface area contributed by atoms with Crippen molar-refractivity contribution in [1.82, 2.24) is 0 Å². The van der Waals surface area contributed by atoms with E-state index in [1.807, 2.05) is 0 Å². The quantitative estimate of drug-likeness (QED) is 0.503. The Hall–Kier alpha value is -0.110. The Morgan fingerprint density at radius 3 is 1.60 bits per heavy atom. The number of alkyl halides is 1. The van der Waals surface area contributed by atoms with E-state index in [0.717, 1.165) is 12.8 Å². The van der Waals surface area contributed by atoms with Gasteiger partial charge in [-0.1, -0.05) is 64.7 Å². The first kappa shape index (κ1) is 14.9. The van der Waals surface area contributed by atoms with E-state index in [-0.39, 0.29) is 0 Å². The molecule has 0 fully saturated rings. The van der Waals surface area contributed by atoms with Crippen LogP contribution in [0.25, 0.3) is 0 Å². The maximum atomic E-state index is 12.0. The fourth-order valence-electron chi connectivity index (χ4n) is 1.80. The second-order valence-corrected chi connectivity index (χ2v) is 4.41. The summed E-state index contributed by atoms with van der Waals surface area (Å²) in [6, 6.07) is 0. The van der Waals surface area contributed by atoms with E-state index in [1.165, 1.54) is 51.4 Å². The summed E-state index contributed by atoms with van der Waals surface area (Å²) in [6.45, 7) is 2.24. The third-order valence-electron chi connectivity index (χ3n) is 2.80. The molecule has 0 bridgehead atoms. The summed E-state index contributed by atoms with van der Waals surface area (Å²) in [5.74, 6) is 0. The van der Waals surface area contributed by atoms with Gasteiger partial charge in [-0.25, -0.2) is 4.39 Å². The third-order valence-corrected chi connectivity index (χ3v) is 2.80. The summed E-state index contributed by atoms with van der Waals surface area (Å²) in [7, 11) is 0. The van der Waals surface area contributed by atoms with E-state index in [4.69, 9.17) is 5.11 Å². The summed E-state index contributed by atoms with van der Waals surface area (Å²) in [4.78, 5) is 0. The van der Waals surface area contributed by atoms with Crippen LogP contribution in [0.4, 0.5) is 4.39 Å². The van der Waals surface area contributed by atoms with Crippen LogP contribution in [0.3, 0.4) is 0 Å². The maximum Gasteiger partial charge on any atom is 0.196 e. The Bertz CT molecular complexity index is 115. The normalized spacial score (nSPS) is 13.0. The SMILES string of the molecule is CCCCCCCCCCCCC(O)F. The van der Waals surface area contributed by atoms with Crippen molar-refractivity contribution in [1.29, 1.82) is 0 Å². The van der Waals surface area contributed by atoms with Gasteiger partial charge in [0.2, 0.25) is 0 Å². The van der Waals surface area contributed by atoms with Crippen molar-refractivity contribution in [3.8, 4) is 0 Å². The van der Waals surface area contributed by atoms with Gasteiger partial charge < -0.3 is 5.11 Å². The molecule has 0 aliphatic heterocycles. The van der Waals surface area contributed by atoms with Gasteiger partial charge in [-0.05, 0) is 6.42 Å². The molecule has 0 saturated carbocycles. The number of hydrogen-bond donors (Lipinski definition) is 1. The van der Waals surface area contributed by atoms with Crippen LogP contribution in [0, 0.1) is 0 Å². The average molecular weight is 218 g/mol. The highest BCUT2D eigenvalue weighted by atomic mass is 19.1. The van der Waals surface area contributed by atoms with Crippen molar-refractivity contribution in [3.63, 3.8) is 0 Å². The summed E-state index contributed by atoms with van der Waals surface area (Å²) < 4.78 is 12.0. The van der Waals surface area contributed by atoms with Crippen LogP contribution in [-0.2, 0) is 0 Å². The molecule has 1 unspecified atom stereocenters. The fourth-order valence-corrected chi connectivity index (χ4v) is 1.80. The van der Waals surface area contributed by atoms with Gasteiger partial charge in [0.1, 0.15) is 0 Å². The Balaban J connectivity index is 2.87. The lowest BCUT2D eigenvalue weighted by molar-refractivity contribution is 0.0323. The lowest BCUT2D eigenvalue weighted by atomic mass is 10.1. The molecule has 0 amide bonds. The van der Waals surface area contributed by atoms with Gasteiger partial charge >= 0.3 is 0 Å². The summed E-state index contributed by atoms with van der Waals surface area (Å²) in [5.41, 5.74) is 0. The van der Waals surface area contributed by atoms with Gasteiger partial charge in [-0.3, -0.25) is 0 Å². The first-order valence-corrected chi connectivity index (χ1v) is 6.59. The zero-order valence-corrected chi connectivity index (χ0v) is 10.2. The first-order valence-electron chi connectivity index (χ1n) is 6.59. The van der Waals surface area contributed by atoms with E-state index >= 15 is 0 Å². The van der Waals surface area contributed by atoms with Gasteiger partial charge in [-0.15, -0.1) is 0 Å². The lowest BCUT2D eigenvalue weighted by Crippen LogP contribution is -1.95. The Labute approximate surface area is 94.1 Å². The van der Waals surface area contributed by atoms with Crippen LogP contribution in [0.15, 0.2) is 0 Å². The maximum absolute atomic E-state index is 12.0. The number of aliphatic hydroxyl groups is 1. The highest BCUT2D eigenvalue weighted by molar-refractivity contribution is 4.48. The van der Waals surface area contributed by atoms with Gasteiger partial charge in [0.25, 0.3) is 0 Å². The molecule has 0 spiro atoms. The number of aliphatic hydroxyl groups excluding tert-OH is 1. The first-order chi connectivity index (χ1) is 7.27. The molecule has 92 valence electrons. The van der Waals surface area contributed by atoms with E-state index < -0.39 is 6.36 Å². The largest absolute Gasteiger partial charge is 0.364 e. The summed E-state index contributed by atoms with van der Waals surface area (Å²) in [6.07, 6.45) is 11.2. The van der Waals surface area contributed by atoms with Crippen LogP contribution in [-0.4, -0.2) is 11.5 Å². The minimum absolute atomic E-state index is 0.316. The van der Waals surface area contributed by atoms with Crippen LogP contribution in [0.2, 0.25) is 0 Å². The molecule has 0 aromatic carbocycles. The molecule has 1 nitrogen and oxygen atoms in total. The monoisotopic (exact) mass is 218 g/mol. The van der Waals surface area contributed by atoms with E-state index in [1.54, 1.807) is 0 Å². The molecule has 0 aromatic heterocycles. The Kier molecular flexibility index (Phi) is 11.9. The van der Waals surface area contributed by atoms with Gasteiger partial charge in [0, 0.05) is 6.42 Å². The second kappa shape index (κ2) is 12.0. The molecule has 1 atom stereocenters. The van der Waals surface area contributed by atoms with E-state index in [2.05, 4.69) is 6.92 Å². The Morgan fingerprint density at radius 1 is 0.800 bits per heavy atom. The predicted molar refractivity (Wildman–Crippen MR) is 63.6 cm³/mol. The highest BCUT2D eigenvalue weighted by Crippen LogP contribution is 2.11. The molecule has 0 heterocycles. The number of unbranched alkanes of at least 4 members (excludes halogenated alkanes) is 9. The van der Waals surface area contributed by atoms with Crippen LogP contribution in [0.5, 0.6) is 0 Å². The smallest absolute Gasteiger partial charge is 0.196 e. The molecule has 0 rings (SSSR count). The molecular formula is C13H27FO. The average Bonchev–Trinajstić information content (AvgIpc) is 2.20. The zero-order chi connectivity index (χ0) is 11.4. The van der Waals surface area contributed by atoms with Crippen molar-refractivity contribution >= 4 is 0 Å². The molecule has 0 aliphatic carbocycles. The van der Waals surface area contributed by atoms with Crippen LogP contribution >= 0.6 is 0 Å². The number of hydrogen-bond acceptors (Lipinski definition) is 1. The number of rotatable bonds is 11. The van der Waals surface area contributed by atoms with Crippen molar-refractivity contribution in [2.75, 3.05) is 0 Å². The molecule has 0 aliphatic rings. The molecule has 0 radical (unpaired) electrons. The van der Waals surface area contributed by atoms with Gasteiger partial charge in [0.15, 0.2) is 6.36 Å². The van der Waals surface area contributed by atoms with Gasteiger partial charge in [0.05, 0.1) is 0 Å². The molecule has 1 N–H and O–H groups in total.